The Balaban J connectivity index is 1.33. The fourth-order valence-corrected chi connectivity index (χ4v) is 6.44. The van der Waals surface area contributed by atoms with Crippen molar-refractivity contribution >= 4 is 44.3 Å². The topological polar surface area (TPSA) is 63.6 Å². The molecule has 7 heteroatoms. The number of aryl methyl sites for hydroxylation is 2. The van der Waals surface area contributed by atoms with Crippen LogP contribution in [-0.2, 0) is 19.4 Å². The van der Waals surface area contributed by atoms with Crippen molar-refractivity contribution in [2.24, 2.45) is 5.92 Å². The Kier molecular flexibility index (Phi) is 4.72. The average molecular weight is 411 g/mol. The molecule has 1 aliphatic rings. The molecular formula is C21H22N4OS2. The molecule has 1 N–H and O–H groups in total. The zero-order chi connectivity index (χ0) is 19.1. The first kappa shape index (κ1) is 17.9. The Morgan fingerprint density at radius 3 is 3.14 bits per heavy atom. The summed E-state index contributed by atoms with van der Waals surface area (Å²) >= 11 is 3.64. The van der Waals surface area contributed by atoms with Crippen LogP contribution in [0.2, 0.25) is 0 Å². The number of hydrogen-bond acceptors (Lipinski definition) is 5. The minimum Gasteiger partial charge on any atom is -0.306 e. The number of rotatable bonds is 5. The lowest BCUT2D eigenvalue weighted by Gasteiger charge is -2.18. The molecule has 5 nitrogen and oxygen atoms in total. The molecule has 0 fully saturated rings. The molecule has 0 saturated heterocycles. The molecule has 0 spiro atoms. The van der Waals surface area contributed by atoms with Gasteiger partial charge >= 0.3 is 5.69 Å². The number of benzene rings is 1. The van der Waals surface area contributed by atoms with Gasteiger partial charge in [0.05, 0.1) is 11.0 Å². The number of thioether (sulfide) groups is 1. The van der Waals surface area contributed by atoms with Crippen molar-refractivity contribution in [2.45, 2.75) is 44.2 Å². The molecule has 0 bridgehead atoms. The number of fused-ring (bicyclic) bond motifs is 4. The van der Waals surface area contributed by atoms with Gasteiger partial charge in [0.1, 0.15) is 16.2 Å². The van der Waals surface area contributed by atoms with Gasteiger partial charge in [-0.05, 0) is 49.3 Å². The Labute approximate surface area is 171 Å². The highest BCUT2D eigenvalue weighted by Crippen LogP contribution is 2.40. The van der Waals surface area contributed by atoms with Crippen LogP contribution in [0.3, 0.4) is 0 Å². The number of aromatic nitrogens is 4. The third-order valence-corrected chi connectivity index (χ3v) is 7.74. The van der Waals surface area contributed by atoms with E-state index in [4.69, 9.17) is 0 Å². The highest BCUT2D eigenvalue weighted by atomic mass is 32.2. The Morgan fingerprint density at radius 2 is 2.21 bits per heavy atom. The van der Waals surface area contributed by atoms with Crippen LogP contribution < -0.4 is 5.69 Å². The van der Waals surface area contributed by atoms with E-state index in [1.54, 1.807) is 18.1 Å². The number of hydrogen-bond donors (Lipinski definition) is 1. The van der Waals surface area contributed by atoms with Crippen molar-refractivity contribution in [3.8, 4) is 0 Å². The molecule has 0 aliphatic heterocycles. The molecule has 3 heterocycles. The van der Waals surface area contributed by atoms with Gasteiger partial charge in [0.15, 0.2) is 0 Å². The Hall–Kier alpha value is -2.12. The van der Waals surface area contributed by atoms with Crippen molar-refractivity contribution in [2.75, 3.05) is 5.75 Å². The van der Waals surface area contributed by atoms with E-state index in [9.17, 15) is 4.79 Å². The van der Waals surface area contributed by atoms with E-state index in [0.29, 0.717) is 6.54 Å². The number of nitrogens with zero attached hydrogens (tertiary/aromatic N) is 3. The minimum atomic E-state index is -0.0309. The molecule has 1 aromatic carbocycles. The quantitative estimate of drug-likeness (QED) is 0.296. The van der Waals surface area contributed by atoms with Gasteiger partial charge in [-0.1, -0.05) is 19.1 Å². The number of H-pyrrole nitrogens is 1. The second-order valence-corrected chi connectivity index (χ2v) is 9.68. The Bertz CT molecular complexity index is 1210. The van der Waals surface area contributed by atoms with Crippen LogP contribution in [0, 0.1) is 5.92 Å². The van der Waals surface area contributed by atoms with Crippen molar-refractivity contribution in [3.63, 3.8) is 0 Å². The van der Waals surface area contributed by atoms with Crippen LogP contribution in [0.15, 0.2) is 40.4 Å². The summed E-state index contributed by atoms with van der Waals surface area (Å²) in [6.45, 7) is 3.05. The molecule has 144 valence electrons. The van der Waals surface area contributed by atoms with Gasteiger partial charge in [0, 0.05) is 22.6 Å². The molecule has 0 amide bonds. The fourth-order valence-electron chi connectivity index (χ4n) is 4.08. The molecule has 5 rings (SSSR count). The Morgan fingerprint density at radius 1 is 1.32 bits per heavy atom. The molecule has 3 aromatic heterocycles. The predicted molar refractivity (Wildman–Crippen MR) is 117 cm³/mol. The van der Waals surface area contributed by atoms with E-state index in [1.807, 2.05) is 40.2 Å². The number of thiophene rings is 1. The van der Waals surface area contributed by atoms with E-state index >= 15 is 0 Å². The summed E-state index contributed by atoms with van der Waals surface area (Å²) in [5.74, 6) is 1.69. The van der Waals surface area contributed by atoms with Gasteiger partial charge in [-0.2, -0.15) is 0 Å². The lowest BCUT2D eigenvalue weighted by molar-refractivity contribution is 0.509. The lowest BCUT2D eigenvalue weighted by Crippen LogP contribution is -2.17. The van der Waals surface area contributed by atoms with E-state index in [1.165, 1.54) is 28.7 Å². The van der Waals surface area contributed by atoms with Gasteiger partial charge in [-0.3, -0.25) is 4.57 Å². The normalized spacial score (nSPS) is 16.7. The zero-order valence-corrected chi connectivity index (χ0v) is 17.4. The van der Waals surface area contributed by atoms with Crippen molar-refractivity contribution in [3.05, 3.63) is 51.5 Å². The summed E-state index contributed by atoms with van der Waals surface area (Å²) in [6, 6.07) is 7.85. The van der Waals surface area contributed by atoms with E-state index in [2.05, 4.69) is 21.9 Å². The maximum absolute atomic E-state index is 12.2. The summed E-state index contributed by atoms with van der Waals surface area (Å²) in [7, 11) is 0. The number of imidazole rings is 1. The van der Waals surface area contributed by atoms with Crippen molar-refractivity contribution in [1.29, 1.82) is 0 Å². The summed E-state index contributed by atoms with van der Waals surface area (Å²) in [5.41, 5.74) is 3.32. The second kappa shape index (κ2) is 7.37. The standard InChI is InChI=1S/C21H22N4OS2/c1-13-7-8-14-17(11-13)28-20-18(14)19(22-12-23-20)27-10-4-9-25-16-6-3-2-5-15(16)24-21(25)26/h2-3,5-6,12-13H,4,7-11H2,1H3,(H,24,26)/t13-/m1/s1. The molecule has 1 atom stereocenters. The van der Waals surface area contributed by atoms with Gasteiger partial charge in [0.25, 0.3) is 0 Å². The van der Waals surface area contributed by atoms with Crippen LogP contribution in [-0.4, -0.2) is 25.3 Å². The van der Waals surface area contributed by atoms with Crippen LogP contribution in [0.5, 0.6) is 0 Å². The first-order chi connectivity index (χ1) is 13.7. The molecule has 28 heavy (non-hydrogen) atoms. The summed E-state index contributed by atoms with van der Waals surface area (Å²) in [6.07, 6.45) is 6.18. The first-order valence-corrected chi connectivity index (χ1v) is 11.6. The lowest BCUT2D eigenvalue weighted by atomic mass is 9.89. The summed E-state index contributed by atoms with van der Waals surface area (Å²) in [4.78, 5) is 26.9. The van der Waals surface area contributed by atoms with Crippen LogP contribution >= 0.6 is 23.1 Å². The maximum atomic E-state index is 12.2. The molecule has 0 unspecified atom stereocenters. The van der Waals surface area contributed by atoms with Crippen LogP contribution in [0.4, 0.5) is 0 Å². The highest BCUT2D eigenvalue weighted by Gasteiger charge is 2.23. The van der Waals surface area contributed by atoms with E-state index < -0.39 is 0 Å². The van der Waals surface area contributed by atoms with E-state index in [-0.39, 0.29) is 5.69 Å². The monoisotopic (exact) mass is 410 g/mol. The molecule has 4 aromatic rings. The average Bonchev–Trinajstić information content (AvgIpc) is 3.22. The maximum Gasteiger partial charge on any atom is 0.326 e. The summed E-state index contributed by atoms with van der Waals surface area (Å²) in [5, 5.41) is 2.38. The largest absolute Gasteiger partial charge is 0.326 e. The summed E-state index contributed by atoms with van der Waals surface area (Å²) < 4.78 is 1.83. The first-order valence-electron chi connectivity index (χ1n) is 9.76. The third-order valence-electron chi connectivity index (χ3n) is 5.50. The SMILES string of the molecule is C[C@@H]1CCc2c(sc3ncnc(SCCCn4c(=O)[nH]c5ccccc54)c23)C1. The molecule has 0 saturated carbocycles. The van der Waals surface area contributed by atoms with Gasteiger partial charge < -0.3 is 4.98 Å². The van der Waals surface area contributed by atoms with Gasteiger partial charge in [-0.25, -0.2) is 14.8 Å². The highest BCUT2D eigenvalue weighted by molar-refractivity contribution is 7.99. The molecule has 0 radical (unpaired) electrons. The second-order valence-electron chi connectivity index (χ2n) is 7.51. The van der Waals surface area contributed by atoms with Crippen LogP contribution in [0.25, 0.3) is 21.3 Å². The van der Waals surface area contributed by atoms with E-state index in [0.717, 1.165) is 45.4 Å². The number of para-hydroxylation sites is 2. The molecule has 1 aliphatic carbocycles. The van der Waals surface area contributed by atoms with Crippen LogP contribution in [0.1, 0.15) is 30.2 Å². The van der Waals surface area contributed by atoms with Crippen molar-refractivity contribution < 1.29 is 0 Å². The predicted octanol–water partition coefficient (Wildman–Crippen LogP) is 4.64. The number of nitrogens with one attached hydrogen (secondary N) is 1. The third kappa shape index (κ3) is 3.16. The van der Waals surface area contributed by atoms with Gasteiger partial charge in [-0.15, -0.1) is 23.1 Å². The zero-order valence-electron chi connectivity index (χ0n) is 15.8. The minimum absolute atomic E-state index is 0.0309. The number of aromatic amines is 1. The molecular weight excluding hydrogens is 388 g/mol. The van der Waals surface area contributed by atoms with Gasteiger partial charge in [0.2, 0.25) is 0 Å². The fraction of sp³-hybridized carbons (Fsp3) is 0.381. The smallest absolute Gasteiger partial charge is 0.306 e. The van der Waals surface area contributed by atoms with Crippen molar-refractivity contribution in [1.82, 2.24) is 19.5 Å².